The van der Waals surface area contributed by atoms with Crippen LogP contribution in [-0.4, -0.2) is 6.54 Å². The van der Waals surface area contributed by atoms with Gasteiger partial charge in [0.1, 0.15) is 0 Å². The van der Waals surface area contributed by atoms with Crippen molar-refractivity contribution in [2.45, 2.75) is 46.5 Å². The van der Waals surface area contributed by atoms with E-state index in [0.29, 0.717) is 12.0 Å². The Bertz CT molecular complexity index is 326. The van der Waals surface area contributed by atoms with Crippen LogP contribution in [0.5, 0.6) is 0 Å². The highest BCUT2D eigenvalue weighted by Crippen LogP contribution is 2.61. The Kier molecular flexibility index (Phi) is 3.25. The van der Waals surface area contributed by atoms with Crippen LogP contribution in [0, 0.1) is 17.3 Å². The zero-order chi connectivity index (χ0) is 11.8. The predicted molar refractivity (Wildman–Crippen MR) is 70.1 cm³/mol. The van der Waals surface area contributed by atoms with Gasteiger partial charge in [-0.1, -0.05) is 30.2 Å². The molecule has 0 saturated heterocycles. The molecule has 0 aromatic heterocycles. The fraction of sp³-hybridized carbons (Fsp3) is 0.733. The van der Waals surface area contributed by atoms with Gasteiger partial charge in [0.2, 0.25) is 0 Å². The number of nitrogens with two attached hydrogens (primary N) is 1. The van der Waals surface area contributed by atoms with E-state index in [-0.39, 0.29) is 0 Å². The topological polar surface area (TPSA) is 26.0 Å². The van der Waals surface area contributed by atoms with Gasteiger partial charge in [0, 0.05) is 6.54 Å². The Labute approximate surface area is 99.8 Å². The molecule has 1 fully saturated rings. The molecule has 3 rings (SSSR count). The van der Waals surface area contributed by atoms with Crippen LogP contribution in [0.1, 0.15) is 46.5 Å². The summed E-state index contributed by atoms with van der Waals surface area (Å²) >= 11 is 0. The second kappa shape index (κ2) is 4.37. The quantitative estimate of drug-likeness (QED) is 0.717. The fourth-order valence-corrected chi connectivity index (χ4v) is 3.58. The summed E-state index contributed by atoms with van der Waals surface area (Å²) in [4.78, 5) is 0. The van der Waals surface area contributed by atoms with Crippen LogP contribution in [0.25, 0.3) is 0 Å². The summed E-state index contributed by atoms with van der Waals surface area (Å²) in [6.07, 6.45) is 10.1. The van der Waals surface area contributed by atoms with Crippen molar-refractivity contribution in [1.82, 2.24) is 0 Å². The maximum atomic E-state index is 5.60. The Morgan fingerprint density at radius 2 is 2.38 bits per heavy atom. The van der Waals surface area contributed by atoms with Crippen molar-refractivity contribution in [3.8, 4) is 0 Å². The number of allylic oxidation sites excluding steroid dienone is 3. The van der Waals surface area contributed by atoms with E-state index in [1.54, 1.807) is 5.57 Å². The van der Waals surface area contributed by atoms with Crippen molar-refractivity contribution in [2.75, 3.05) is 6.54 Å². The van der Waals surface area contributed by atoms with Crippen LogP contribution in [0.15, 0.2) is 23.3 Å². The molecule has 0 radical (unpaired) electrons. The molecule has 1 saturated carbocycles. The molecule has 0 heterocycles. The van der Waals surface area contributed by atoms with Gasteiger partial charge in [0.15, 0.2) is 0 Å². The van der Waals surface area contributed by atoms with E-state index >= 15 is 0 Å². The van der Waals surface area contributed by atoms with Crippen molar-refractivity contribution in [3.63, 3.8) is 0 Å². The van der Waals surface area contributed by atoms with E-state index in [4.69, 9.17) is 5.73 Å². The Morgan fingerprint density at radius 1 is 1.62 bits per heavy atom. The van der Waals surface area contributed by atoms with Gasteiger partial charge < -0.3 is 5.73 Å². The third-order valence-electron chi connectivity index (χ3n) is 5.02. The lowest BCUT2D eigenvalue weighted by Gasteiger charge is -2.58. The van der Waals surface area contributed by atoms with E-state index in [1.165, 1.54) is 31.3 Å². The second-order valence-electron chi connectivity index (χ2n) is 5.97. The molecule has 1 heteroatoms. The molecule has 90 valence electrons. The third kappa shape index (κ3) is 1.86. The van der Waals surface area contributed by atoms with Crippen molar-refractivity contribution >= 4 is 0 Å². The van der Waals surface area contributed by atoms with Crippen molar-refractivity contribution in [2.24, 2.45) is 23.0 Å². The number of fused-ring (bicyclic) bond motifs is 1. The first-order chi connectivity index (χ1) is 7.58. The SMILES string of the molecule is CC1=CCC2CC1C2(C)CC/C=C(/C)CN. The van der Waals surface area contributed by atoms with Crippen LogP contribution in [0.3, 0.4) is 0 Å². The minimum atomic E-state index is 0.588. The molecular formula is C15H25N. The van der Waals surface area contributed by atoms with E-state index in [2.05, 4.69) is 32.9 Å². The number of rotatable bonds is 4. The average Bonchev–Trinajstić information content (AvgIpc) is 2.28. The standard InChI is InChI=1S/C15H25N/c1-11(10-16)5-4-8-15(3)13-7-6-12(2)14(15)9-13/h5-6,13-14H,4,7-10,16H2,1-3H3/b11-5-. The lowest BCUT2D eigenvalue weighted by Crippen LogP contribution is -2.49. The summed E-state index contributed by atoms with van der Waals surface area (Å²) in [7, 11) is 0. The van der Waals surface area contributed by atoms with Crippen LogP contribution < -0.4 is 5.73 Å². The molecule has 3 atom stereocenters. The van der Waals surface area contributed by atoms with Gasteiger partial charge in [-0.25, -0.2) is 0 Å². The summed E-state index contributed by atoms with van der Waals surface area (Å²) in [5.74, 6) is 1.82. The van der Waals surface area contributed by atoms with Gasteiger partial charge in [-0.15, -0.1) is 0 Å². The van der Waals surface area contributed by atoms with Crippen molar-refractivity contribution in [1.29, 1.82) is 0 Å². The first kappa shape index (κ1) is 11.9. The monoisotopic (exact) mass is 219 g/mol. The first-order valence-electron chi connectivity index (χ1n) is 6.60. The van der Waals surface area contributed by atoms with Gasteiger partial charge in [0.05, 0.1) is 0 Å². The highest BCUT2D eigenvalue weighted by atomic mass is 14.6. The van der Waals surface area contributed by atoms with Crippen LogP contribution in [0.4, 0.5) is 0 Å². The lowest BCUT2D eigenvalue weighted by molar-refractivity contribution is -0.0312. The zero-order valence-electron chi connectivity index (χ0n) is 10.9. The molecule has 0 aromatic carbocycles. The van der Waals surface area contributed by atoms with Crippen molar-refractivity contribution in [3.05, 3.63) is 23.3 Å². The number of hydrogen-bond donors (Lipinski definition) is 1. The minimum Gasteiger partial charge on any atom is -0.327 e. The predicted octanol–water partition coefficient (Wildman–Crippen LogP) is 3.66. The maximum Gasteiger partial charge on any atom is 0.0134 e. The van der Waals surface area contributed by atoms with Gasteiger partial charge in [-0.05, 0) is 56.8 Å². The largest absolute Gasteiger partial charge is 0.327 e. The lowest BCUT2D eigenvalue weighted by atomic mass is 9.47. The highest BCUT2D eigenvalue weighted by Gasteiger charge is 2.52. The summed E-state index contributed by atoms with van der Waals surface area (Å²) in [5.41, 5.74) is 9.17. The summed E-state index contributed by atoms with van der Waals surface area (Å²) in [5, 5.41) is 0. The highest BCUT2D eigenvalue weighted by molar-refractivity contribution is 5.22. The number of hydrogen-bond acceptors (Lipinski definition) is 1. The molecule has 0 aliphatic heterocycles. The van der Waals surface area contributed by atoms with Gasteiger partial charge in [0.25, 0.3) is 0 Å². The fourth-order valence-electron chi connectivity index (χ4n) is 3.58. The Hall–Kier alpha value is -0.560. The normalized spacial score (nSPS) is 38.0. The average molecular weight is 219 g/mol. The van der Waals surface area contributed by atoms with Gasteiger partial charge in [-0.2, -0.15) is 0 Å². The smallest absolute Gasteiger partial charge is 0.0134 e. The van der Waals surface area contributed by atoms with E-state index in [1.807, 2.05) is 0 Å². The van der Waals surface area contributed by atoms with Crippen LogP contribution >= 0.6 is 0 Å². The minimum absolute atomic E-state index is 0.588. The van der Waals surface area contributed by atoms with Gasteiger partial charge >= 0.3 is 0 Å². The van der Waals surface area contributed by atoms with E-state index < -0.39 is 0 Å². The Morgan fingerprint density at radius 3 is 2.94 bits per heavy atom. The van der Waals surface area contributed by atoms with E-state index in [0.717, 1.165) is 11.8 Å². The molecule has 0 aromatic rings. The third-order valence-corrected chi connectivity index (χ3v) is 5.02. The molecule has 3 aliphatic carbocycles. The van der Waals surface area contributed by atoms with E-state index in [9.17, 15) is 0 Å². The molecule has 0 amide bonds. The molecule has 3 unspecified atom stereocenters. The second-order valence-corrected chi connectivity index (χ2v) is 5.97. The van der Waals surface area contributed by atoms with Gasteiger partial charge in [-0.3, -0.25) is 0 Å². The van der Waals surface area contributed by atoms with Crippen LogP contribution in [0.2, 0.25) is 0 Å². The molecule has 0 spiro atoms. The summed E-state index contributed by atoms with van der Waals surface area (Å²) in [6, 6.07) is 0. The van der Waals surface area contributed by atoms with Crippen molar-refractivity contribution < 1.29 is 0 Å². The molecule has 2 bridgehead atoms. The zero-order valence-corrected chi connectivity index (χ0v) is 10.9. The molecular weight excluding hydrogens is 194 g/mol. The summed E-state index contributed by atoms with van der Waals surface area (Å²) in [6.45, 7) is 7.66. The molecule has 3 aliphatic rings. The summed E-state index contributed by atoms with van der Waals surface area (Å²) < 4.78 is 0. The first-order valence-corrected chi connectivity index (χ1v) is 6.60. The molecule has 1 nitrogen and oxygen atoms in total. The molecule has 2 N–H and O–H groups in total. The van der Waals surface area contributed by atoms with Crippen LogP contribution in [-0.2, 0) is 0 Å². The molecule has 16 heavy (non-hydrogen) atoms. The maximum absolute atomic E-state index is 5.60. The Balaban J connectivity index is 1.94.